The second-order valence-electron chi connectivity index (χ2n) is 4.67. The molecule has 19 heavy (non-hydrogen) atoms. The zero-order valence-electron chi connectivity index (χ0n) is 11.3. The van der Waals surface area contributed by atoms with Crippen LogP contribution in [0.15, 0.2) is 0 Å². The Balaban J connectivity index is 1.80. The predicted molar refractivity (Wildman–Crippen MR) is 81.0 cm³/mol. The third kappa shape index (κ3) is 4.35. The molecule has 0 radical (unpaired) electrons. The minimum Gasteiger partial charge on any atom is -0.335 e. The van der Waals surface area contributed by atoms with Crippen molar-refractivity contribution >= 4 is 34.3 Å². The van der Waals surface area contributed by atoms with Crippen molar-refractivity contribution in [2.45, 2.75) is 50.3 Å². The lowest BCUT2D eigenvalue weighted by Gasteiger charge is -2.28. The van der Waals surface area contributed by atoms with Gasteiger partial charge in [0.15, 0.2) is 0 Å². The molecule has 7 heteroatoms. The first-order valence-electron chi connectivity index (χ1n) is 6.64. The summed E-state index contributed by atoms with van der Waals surface area (Å²) in [5, 5.41) is 15.9. The van der Waals surface area contributed by atoms with E-state index < -0.39 is 0 Å². The van der Waals surface area contributed by atoms with Gasteiger partial charge in [-0.1, -0.05) is 24.7 Å². The van der Waals surface area contributed by atoms with E-state index in [1.807, 2.05) is 18.7 Å². The van der Waals surface area contributed by atoms with Crippen molar-refractivity contribution in [1.29, 1.82) is 0 Å². The van der Waals surface area contributed by atoms with Crippen molar-refractivity contribution in [3.8, 4) is 0 Å². The summed E-state index contributed by atoms with van der Waals surface area (Å²) in [5.74, 6) is 0. The van der Waals surface area contributed by atoms with E-state index >= 15 is 0 Å². The molecule has 2 amide bonds. The maximum Gasteiger partial charge on any atom is 0.321 e. The molecule has 1 aromatic rings. The van der Waals surface area contributed by atoms with Crippen molar-refractivity contribution in [3.63, 3.8) is 0 Å². The highest BCUT2D eigenvalue weighted by atomic mass is 32.2. The Hall–Kier alpha value is -0.820. The number of hydrogen-bond acceptors (Lipinski definition) is 5. The monoisotopic (exact) mass is 300 g/mol. The second kappa shape index (κ2) is 7.09. The minimum absolute atomic E-state index is 0.162. The molecule has 0 unspecified atom stereocenters. The zero-order chi connectivity index (χ0) is 13.7. The van der Waals surface area contributed by atoms with Gasteiger partial charge < -0.3 is 5.32 Å². The Morgan fingerprint density at radius 2 is 2.32 bits per heavy atom. The number of nitrogens with one attached hydrogen (secondary N) is 2. The van der Waals surface area contributed by atoms with E-state index in [0.717, 1.165) is 24.3 Å². The van der Waals surface area contributed by atoms with Crippen LogP contribution in [0.4, 0.5) is 9.93 Å². The molecule has 106 valence electrons. The maximum atomic E-state index is 11.9. The Morgan fingerprint density at radius 1 is 1.47 bits per heavy atom. The Labute approximate surface area is 122 Å². The molecule has 2 N–H and O–H groups in total. The third-order valence-corrected chi connectivity index (χ3v) is 5.36. The molecule has 0 spiro atoms. The fourth-order valence-electron chi connectivity index (χ4n) is 2.26. The van der Waals surface area contributed by atoms with Crippen LogP contribution in [-0.4, -0.2) is 33.8 Å². The third-order valence-electron chi connectivity index (χ3n) is 3.28. The molecule has 0 bridgehead atoms. The second-order valence-corrected chi connectivity index (χ2v) is 6.87. The Morgan fingerprint density at radius 3 is 3.00 bits per heavy atom. The lowest BCUT2D eigenvalue weighted by atomic mass is 9.95. The van der Waals surface area contributed by atoms with E-state index in [0.29, 0.717) is 10.4 Å². The molecule has 0 saturated heterocycles. The van der Waals surface area contributed by atoms with Crippen molar-refractivity contribution in [1.82, 2.24) is 15.5 Å². The molecular weight excluding hydrogens is 280 g/mol. The fraction of sp³-hybridized carbons (Fsp3) is 0.750. The van der Waals surface area contributed by atoms with Crippen LogP contribution in [0.25, 0.3) is 0 Å². The summed E-state index contributed by atoms with van der Waals surface area (Å²) >= 11 is 3.32. The van der Waals surface area contributed by atoms with Gasteiger partial charge in [0.25, 0.3) is 0 Å². The first kappa shape index (κ1) is 14.6. The van der Waals surface area contributed by atoms with Gasteiger partial charge in [0, 0.05) is 11.3 Å². The van der Waals surface area contributed by atoms with Crippen LogP contribution in [0.3, 0.4) is 0 Å². The minimum atomic E-state index is -0.162. The van der Waals surface area contributed by atoms with E-state index in [4.69, 9.17) is 0 Å². The average Bonchev–Trinajstić information content (AvgIpc) is 2.86. The number of rotatable bonds is 4. The van der Waals surface area contributed by atoms with E-state index in [2.05, 4.69) is 27.1 Å². The highest BCUT2D eigenvalue weighted by Gasteiger charge is 2.22. The van der Waals surface area contributed by atoms with Crippen LogP contribution < -0.4 is 10.6 Å². The van der Waals surface area contributed by atoms with Gasteiger partial charge in [-0.15, -0.1) is 10.2 Å². The standard InChI is InChI=1S/C12H20N4OS2/c1-3-10-15-16-12(19-10)14-11(17)13-8-5-4-6-9(7-8)18-2/h8-9H,3-7H2,1-2H3,(H2,13,14,16,17)/t8-,9-/m0/s1. The van der Waals surface area contributed by atoms with Crippen LogP contribution in [0.5, 0.6) is 0 Å². The fourth-order valence-corrected chi connectivity index (χ4v) is 3.76. The highest BCUT2D eigenvalue weighted by Crippen LogP contribution is 2.27. The van der Waals surface area contributed by atoms with Crippen LogP contribution in [0.2, 0.25) is 0 Å². The van der Waals surface area contributed by atoms with E-state index in [1.54, 1.807) is 0 Å². The van der Waals surface area contributed by atoms with Gasteiger partial charge in [0.05, 0.1) is 0 Å². The molecule has 2 rings (SSSR count). The maximum absolute atomic E-state index is 11.9. The number of amides is 2. The van der Waals surface area contributed by atoms with Crippen LogP contribution in [0, 0.1) is 0 Å². The molecule has 5 nitrogen and oxygen atoms in total. The number of aromatic nitrogens is 2. The van der Waals surface area contributed by atoms with Crippen molar-refractivity contribution < 1.29 is 4.79 Å². The van der Waals surface area contributed by atoms with E-state index in [1.165, 1.54) is 24.2 Å². The number of thioether (sulfide) groups is 1. The van der Waals surface area contributed by atoms with Crippen molar-refractivity contribution in [2.24, 2.45) is 0 Å². The first-order valence-corrected chi connectivity index (χ1v) is 8.74. The van der Waals surface area contributed by atoms with E-state index in [-0.39, 0.29) is 12.1 Å². The van der Waals surface area contributed by atoms with Crippen molar-refractivity contribution in [3.05, 3.63) is 5.01 Å². The number of nitrogens with zero attached hydrogens (tertiary/aromatic N) is 2. The molecule has 1 aliphatic carbocycles. The van der Waals surface area contributed by atoms with Gasteiger partial charge in [-0.25, -0.2) is 4.79 Å². The number of urea groups is 1. The van der Waals surface area contributed by atoms with Crippen molar-refractivity contribution in [2.75, 3.05) is 11.6 Å². The summed E-state index contributed by atoms with van der Waals surface area (Å²) in [6, 6.07) is 0.121. The normalized spacial score (nSPS) is 23.1. The number of anilines is 1. The number of carbonyl (C=O) groups excluding carboxylic acids is 1. The lowest BCUT2D eigenvalue weighted by Crippen LogP contribution is -2.41. The largest absolute Gasteiger partial charge is 0.335 e. The van der Waals surface area contributed by atoms with Gasteiger partial charge in [0.1, 0.15) is 5.01 Å². The summed E-state index contributed by atoms with van der Waals surface area (Å²) in [4.78, 5) is 11.9. The molecule has 1 aliphatic rings. The van der Waals surface area contributed by atoms with Gasteiger partial charge in [-0.05, 0) is 31.9 Å². The zero-order valence-corrected chi connectivity index (χ0v) is 12.9. The summed E-state index contributed by atoms with van der Waals surface area (Å²) in [6.07, 6.45) is 7.57. The van der Waals surface area contributed by atoms with E-state index in [9.17, 15) is 4.79 Å². The number of hydrogen-bond donors (Lipinski definition) is 2. The lowest BCUT2D eigenvalue weighted by molar-refractivity contribution is 0.244. The Bertz CT molecular complexity index is 424. The van der Waals surface area contributed by atoms with Gasteiger partial charge in [-0.3, -0.25) is 5.32 Å². The first-order chi connectivity index (χ1) is 9.21. The topological polar surface area (TPSA) is 66.9 Å². The van der Waals surface area contributed by atoms with Gasteiger partial charge >= 0.3 is 6.03 Å². The summed E-state index contributed by atoms with van der Waals surface area (Å²) in [6.45, 7) is 2.02. The highest BCUT2D eigenvalue weighted by molar-refractivity contribution is 7.99. The summed E-state index contributed by atoms with van der Waals surface area (Å²) in [7, 11) is 0. The van der Waals surface area contributed by atoms with Gasteiger partial charge in [-0.2, -0.15) is 11.8 Å². The molecule has 1 heterocycles. The number of aryl methyl sites for hydroxylation is 1. The van der Waals surface area contributed by atoms with Crippen LogP contribution in [0.1, 0.15) is 37.6 Å². The number of carbonyl (C=O) groups is 1. The molecule has 2 atom stereocenters. The smallest absolute Gasteiger partial charge is 0.321 e. The molecule has 1 aromatic heterocycles. The predicted octanol–water partition coefficient (Wildman–Crippen LogP) is 2.90. The molecular formula is C12H20N4OS2. The van der Waals surface area contributed by atoms with Crippen LogP contribution in [-0.2, 0) is 6.42 Å². The molecule has 1 saturated carbocycles. The molecule has 0 aliphatic heterocycles. The molecule has 0 aromatic carbocycles. The Kier molecular flexibility index (Phi) is 5.45. The summed E-state index contributed by atoms with van der Waals surface area (Å²) in [5.41, 5.74) is 0. The average molecular weight is 300 g/mol. The van der Waals surface area contributed by atoms with Gasteiger partial charge in [0.2, 0.25) is 5.13 Å². The SMILES string of the molecule is CCc1nnc(NC(=O)N[C@H]2CCC[C@H](SC)C2)s1. The molecule has 1 fully saturated rings. The van der Waals surface area contributed by atoms with Crippen LogP contribution >= 0.6 is 23.1 Å². The quantitative estimate of drug-likeness (QED) is 0.897. The summed E-state index contributed by atoms with van der Waals surface area (Å²) < 4.78 is 0.